The molecule has 0 fully saturated rings. The standard InChI is InChI=1S/C8H13ClN2O2/c1-12-5-3-4-11-8(9)7(13-2)6-10-11/h6H,3-5H2,1-2H3. The molecule has 74 valence electrons. The van der Waals surface area contributed by atoms with Gasteiger partial charge < -0.3 is 9.47 Å². The molecule has 13 heavy (non-hydrogen) atoms. The normalized spacial score (nSPS) is 10.4. The van der Waals surface area contributed by atoms with E-state index >= 15 is 0 Å². The maximum atomic E-state index is 5.94. The van der Waals surface area contributed by atoms with Crippen LogP contribution in [-0.4, -0.2) is 30.6 Å². The van der Waals surface area contributed by atoms with Gasteiger partial charge in [0.15, 0.2) is 10.9 Å². The van der Waals surface area contributed by atoms with Gasteiger partial charge in [0, 0.05) is 20.3 Å². The van der Waals surface area contributed by atoms with E-state index in [0.717, 1.165) is 13.0 Å². The monoisotopic (exact) mass is 204 g/mol. The lowest BCUT2D eigenvalue weighted by molar-refractivity contribution is 0.189. The summed E-state index contributed by atoms with van der Waals surface area (Å²) < 4.78 is 11.6. The summed E-state index contributed by atoms with van der Waals surface area (Å²) in [6, 6.07) is 0. The molecule has 0 bridgehead atoms. The first-order valence-electron chi connectivity index (χ1n) is 4.03. The Hall–Kier alpha value is -0.740. The van der Waals surface area contributed by atoms with Crippen molar-refractivity contribution >= 4 is 11.6 Å². The van der Waals surface area contributed by atoms with Crippen molar-refractivity contribution in [1.82, 2.24) is 9.78 Å². The molecule has 0 aliphatic carbocycles. The molecule has 1 rings (SSSR count). The maximum Gasteiger partial charge on any atom is 0.175 e. The molecule has 0 aliphatic heterocycles. The van der Waals surface area contributed by atoms with Gasteiger partial charge in [0.25, 0.3) is 0 Å². The Bertz CT molecular complexity index is 263. The molecular weight excluding hydrogens is 192 g/mol. The van der Waals surface area contributed by atoms with Crippen LogP contribution in [0.15, 0.2) is 6.20 Å². The lowest BCUT2D eigenvalue weighted by Crippen LogP contribution is -2.02. The highest BCUT2D eigenvalue weighted by Gasteiger charge is 2.07. The lowest BCUT2D eigenvalue weighted by Gasteiger charge is -2.02. The predicted octanol–water partition coefficient (Wildman–Crippen LogP) is 1.58. The van der Waals surface area contributed by atoms with Gasteiger partial charge in [-0.05, 0) is 6.42 Å². The van der Waals surface area contributed by atoms with Gasteiger partial charge in [-0.15, -0.1) is 0 Å². The largest absolute Gasteiger partial charge is 0.492 e. The fraction of sp³-hybridized carbons (Fsp3) is 0.625. The van der Waals surface area contributed by atoms with E-state index in [2.05, 4.69) is 5.10 Å². The van der Waals surface area contributed by atoms with Gasteiger partial charge in [-0.2, -0.15) is 5.10 Å². The van der Waals surface area contributed by atoms with Crippen LogP contribution in [0, 0.1) is 0 Å². The fourth-order valence-electron chi connectivity index (χ4n) is 1.00. The van der Waals surface area contributed by atoms with Crippen LogP contribution in [0.4, 0.5) is 0 Å². The summed E-state index contributed by atoms with van der Waals surface area (Å²) in [6.07, 6.45) is 2.50. The average Bonchev–Trinajstić information content (AvgIpc) is 2.48. The third-order valence-electron chi connectivity index (χ3n) is 1.68. The summed E-state index contributed by atoms with van der Waals surface area (Å²) >= 11 is 5.94. The number of nitrogens with zero attached hydrogens (tertiary/aromatic N) is 2. The highest BCUT2D eigenvalue weighted by atomic mass is 35.5. The Morgan fingerprint density at radius 2 is 2.31 bits per heavy atom. The highest BCUT2D eigenvalue weighted by Crippen LogP contribution is 2.22. The third kappa shape index (κ3) is 2.60. The summed E-state index contributed by atoms with van der Waals surface area (Å²) in [5.41, 5.74) is 0. The minimum absolute atomic E-state index is 0.540. The van der Waals surface area contributed by atoms with Crippen LogP contribution in [0.1, 0.15) is 6.42 Å². The Labute approximate surface area is 82.4 Å². The molecule has 0 N–H and O–H groups in total. The Morgan fingerprint density at radius 1 is 1.54 bits per heavy atom. The number of rotatable bonds is 5. The number of hydrogen-bond donors (Lipinski definition) is 0. The second-order valence-corrected chi connectivity index (χ2v) is 2.93. The quantitative estimate of drug-likeness (QED) is 0.684. The summed E-state index contributed by atoms with van der Waals surface area (Å²) in [5, 5.41) is 4.60. The van der Waals surface area contributed by atoms with Crippen LogP contribution in [-0.2, 0) is 11.3 Å². The van der Waals surface area contributed by atoms with Gasteiger partial charge in [-0.25, -0.2) is 0 Å². The Balaban J connectivity index is 2.51. The zero-order chi connectivity index (χ0) is 9.68. The molecule has 0 spiro atoms. The van der Waals surface area contributed by atoms with E-state index in [9.17, 15) is 0 Å². The SMILES string of the molecule is COCCCn1ncc(OC)c1Cl. The molecule has 0 aliphatic rings. The Morgan fingerprint density at radius 3 is 2.85 bits per heavy atom. The number of ether oxygens (including phenoxy) is 2. The minimum Gasteiger partial charge on any atom is -0.492 e. The van der Waals surface area contributed by atoms with Crippen LogP contribution in [0.2, 0.25) is 5.15 Å². The topological polar surface area (TPSA) is 36.3 Å². The van der Waals surface area contributed by atoms with Gasteiger partial charge in [-0.3, -0.25) is 4.68 Å². The van der Waals surface area contributed by atoms with Gasteiger partial charge >= 0.3 is 0 Å². The molecule has 4 nitrogen and oxygen atoms in total. The molecule has 1 heterocycles. The number of hydrogen-bond acceptors (Lipinski definition) is 3. The van der Waals surface area contributed by atoms with Gasteiger partial charge in [0.1, 0.15) is 0 Å². The van der Waals surface area contributed by atoms with E-state index in [-0.39, 0.29) is 0 Å². The van der Waals surface area contributed by atoms with Crippen molar-refractivity contribution in [2.24, 2.45) is 0 Å². The first-order chi connectivity index (χ1) is 6.29. The molecule has 0 radical (unpaired) electrons. The first kappa shape index (κ1) is 10.3. The van der Waals surface area contributed by atoms with Crippen molar-refractivity contribution in [3.63, 3.8) is 0 Å². The van der Waals surface area contributed by atoms with Crippen molar-refractivity contribution in [2.75, 3.05) is 20.8 Å². The predicted molar refractivity (Wildman–Crippen MR) is 50.3 cm³/mol. The molecule has 0 saturated heterocycles. The van der Waals surface area contributed by atoms with Crippen LogP contribution in [0.3, 0.4) is 0 Å². The van der Waals surface area contributed by atoms with Crippen molar-refractivity contribution in [3.8, 4) is 5.75 Å². The van der Waals surface area contributed by atoms with Gasteiger partial charge in [0.2, 0.25) is 0 Å². The van der Waals surface area contributed by atoms with Crippen LogP contribution < -0.4 is 4.74 Å². The second kappa shape index (κ2) is 5.09. The summed E-state index contributed by atoms with van der Waals surface area (Å²) in [7, 11) is 3.24. The van der Waals surface area contributed by atoms with Crippen molar-refractivity contribution in [3.05, 3.63) is 11.3 Å². The molecule has 0 unspecified atom stereocenters. The number of methoxy groups -OCH3 is 2. The first-order valence-corrected chi connectivity index (χ1v) is 4.41. The molecule has 1 aromatic heterocycles. The third-order valence-corrected chi connectivity index (χ3v) is 2.06. The van der Waals surface area contributed by atoms with E-state index < -0.39 is 0 Å². The lowest BCUT2D eigenvalue weighted by atomic mass is 10.4. The van der Waals surface area contributed by atoms with Crippen LogP contribution in [0.5, 0.6) is 5.75 Å². The van der Waals surface area contributed by atoms with Gasteiger partial charge in [0.05, 0.1) is 13.3 Å². The fourth-order valence-corrected chi connectivity index (χ4v) is 1.26. The number of aromatic nitrogens is 2. The summed E-state index contributed by atoms with van der Waals surface area (Å²) in [6.45, 7) is 1.45. The maximum absolute atomic E-state index is 5.94. The molecule has 1 aromatic rings. The van der Waals surface area contributed by atoms with E-state index in [1.165, 1.54) is 0 Å². The average molecular weight is 205 g/mol. The molecule has 0 amide bonds. The van der Waals surface area contributed by atoms with E-state index in [1.54, 1.807) is 25.1 Å². The van der Waals surface area contributed by atoms with Gasteiger partial charge in [-0.1, -0.05) is 11.6 Å². The highest BCUT2D eigenvalue weighted by molar-refractivity contribution is 6.31. The summed E-state index contributed by atoms with van der Waals surface area (Å²) in [5.74, 6) is 0.610. The van der Waals surface area contributed by atoms with Crippen LogP contribution in [0.25, 0.3) is 0 Å². The van der Waals surface area contributed by atoms with Crippen molar-refractivity contribution in [2.45, 2.75) is 13.0 Å². The molecule has 0 aromatic carbocycles. The summed E-state index contributed by atoms with van der Waals surface area (Å²) in [4.78, 5) is 0. The number of halogens is 1. The Kier molecular flexibility index (Phi) is 4.05. The van der Waals surface area contributed by atoms with Crippen LogP contribution >= 0.6 is 11.6 Å². The zero-order valence-corrected chi connectivity index (χ0v) is 8.54. The van der Waals surface area contributed by atoms with Crippen molar-refractivity contribution in [1.29, 1.82) is 0 Å². The molecule has 0 atom stereocenters. The van der Waals surface area contributed by atoms with E-state index in [4.69, 9.17) is 21.1 Å². The minimum atomic E-state index is 0.540. The smallest absolute Gasteiger partial charge is 0.175 e. The van der Waals surface area contributed by atoms with E-state index in [1.807, 2.05) is 0 Å². The molecule has 5 heteroatoms. The second-order valence-electron chi connectivity index (χ2n) is 2.57. The van der Waals surface area contributed by atoms with E-state index in [0.29, 0.717) is 17.5 Å². The molecular formula is C8H13ClN2O2. The van der Waals surface area contributed by atoms with Crippen molar-refractivity contribution < 1.29 is 9.47 Å². The molecule has 0 saturated carbocycles. The zero-order valence-electron chi connectivity index (χ0n) is 7.79. The number of aryl methyl sites for hydroxylation is 1.